The lowest BCUT2D eigenvalue weighted by atomic mass is 10.0. The maximum Gasteiger partial charge on any atom is 0.225 e. The second kappa shape index (κ2) is 9.59. The lowest BCUT2D eigenvalue weighted by Crippen LogP contribution is -2.34. The van der Waals surface area contributed by atoms with Gasteiger partial charge in [-0.3, -0.25) is 4.79 Å². The first kappa shape index (κ1) is 18.7. The molecule has 1 amide bonds. The number of para-hydroxylation sites is 1. The van der Waals surface area contributed by atoms with Crippen LogP contribution in [0.4, 0.5) is 5.69 Å². The molecule has 0 aromatic heterocycles. The van der Waals surface area contributed by atoms with E-state index in [0.29, 0.717) is 18.3 Å². The number of aliphatic hydroxyl groups excluding tert-OH is 1. The van der Waals surface area contributed by atoms with Crippen molar-refractivity contribution >= 4 is 11.6 Å². The Labute approximate surface area is 134 Å². The Bertz CT molecular complexity index is 460. The van der Waals surface area contributed by atoms with Gasteiger partial charge < -0.3 is 15.7 Å². The van der Waals surface area contributed by atoms with Crippen molar-refractivity contribution in [2.45, 2.75) is 52.5 Å². The van der Waals surface area contributed by atoms with Crippen molar-refractivity contribution in [3.8, 4) is 0 Å². The zero-order valence-corrected chi connectivity index (χ0v) is 14.2. The van der Waals surface area contributed by atoms with Crippen LogP contribution in [0.25, 0.3) is 0 Å². The van der Waals surface area contributed by atoms with Gasteiger partial charge in [-0.2, -0.15) is 0 Å². The number of carbonyl (C=O) groups excluding carboxylic acids is 1. The molecule has 4 heteroatoms. The average Bonchev–Trinajstić information content (AvgIpc) is 2.45. The minimum Gasteiger partial charge on any atom is -0.396 e. The van der Waals surface area contributed by atoms with Gasteiger partial charge in [0.05, 0.1) is 0 Å². The number of carbonyl (C=O) groups is 1. The van der Waals surface area contributed by atoms with Crippen LogP contribution < -0.4 is 10.6 Å². The van der Waals surface area contributed by atoms with Crippen LogP contribution in [-0.4, -0.2) is 30.2 Å². The molecular weight excluding hydrogens is 276 g/mol. The molecule has 0 saturated carbocycles. The number of nitrogens with one attached hydrogen (secondary N) is 2. The van der Waals surface area contributed by atoms with E-state index in [1.54, 1.807) is 0 Å². The van der Waals surface area contributed by atoms with Crippen molar-refractivity contribution in [2.24, 2.45) is 5.92 Å². The molecule has 0 aliphatic carbocycles. The summed E-state index contributed by atoms with van der Waals surface area (Å²) in [5.74, 6) is 0.825. The Morgan fingerprint density at radius 2 is 1.86 bits per heavy atom. The zero-order chi connectivity index (χ0) is 16.5. The largest absolute Gasteiger partial charge is 0.396 e. The van der Waals surface area contributed by atoms with Crippen molar-refractivity contribution in [2.75, 3.05) is 18.5 Å². The zero-order valence-electron chi connectivity index (χ0n) is 14.2. The molecule has 0 aliphatic rings. The number of anilines is 1. The average molecular weight is 306 g/mol. The SMILES string of the molecule is CC(CCO)CNC(C)CC(=O)Nc1ccccc1C(C)C. The second-order valence-corrected chi connectivity index (χ2v) is 6.42. The molecule has 0 fully saturated rings. The first-order valence-electron chi connectivity index (χ1n) is 8.17. The van der Waals surface area contributed by atoms with Crippen molar-refractivity contribution in [3.63, 3.8) is 0 Å². The Morgan fingerprint density at radius 3 is 2.50 bits per heavy atom. The van der Waals surface area contributed by atoms with E-state index in [2.05, 4.69) is 37.5 Å². The third-order valence-electron chi connectivity index (χ3n) is 3.79. The van der Waals surface area contributed by atoms with Crippen LogP contribution in [0.15, 0.2) is 24.3 Å². The third kappa shape index (κ3) is 6.58. The van der Waals surface area contributed by atoms with Crippen LogP contribution in [0.2, 0.25) is 0 Å². The van der Waals surface area contributed by atoms with E-state index in [9.17, 15) is 4.79 Å². The van der Waals surface area contributed by atoms with Gasteiger partial charge in [0, 0.05) is 24.8 Å². The summed E-state index contributed by atoms with van der Waals surface area (Å²) in [6, 6.07) is 8.07. The fourth-order valence-corrected chi connectivity index (χ4v) is 2.39. The highest BCUT2D eigenvalue weighted by atomic mass is 16.3. The summed E-state index contributed by atoms with van der Waals surface area (Å²) in [6.07, 6.45) is 1.23. The molecule has 0 spiro atoms. The molecular formula is C18H30N2O2. The van der Waals surface area contributed by atoms with E-state index in [1.807, 2.05) is 25.1 Å². The predicted molar refractivity (Wildman–Crippen MR) is 92.1 cm³/mol. The van der Waals surface area contributed by atoms with Gasteiger partial charge in [-0.15, -0.1) is 0 Å². The molecule has 0 aliphatic heterocycles. The molecule has 4 nitrogen and oxygen atoms in total. The number of rotatable bonds is 9. The smallest absolute Gasteiger partial charge is 0.225 e. The van der Waals surface area contributed by atoms with Crippen molar-refractivity contribution in [3.05, 3.63) is 29.8 Å². The van der Waals surface area contributed by atoms with Gasteiger partial charge in [0.15, 0.2) is 0 Å². The first-order valence-corrected chi connectivity index (χ1v) is 8.17. The van der Waals surface area contributed by atoms with E-state index >= 15 is 0 Å². The van der Waals surface area contributed by atoms with Crippen LogP contribution >= 0.6 is 0 Å². The molecule has 0 bridgehead atoms. The highest BCUT2D eigenvalue weighted by Crippen LogP contribution is 2.23. The lowest BCUT2D eigenvalue weighted by Gasteiger charge is -2.18. The number of benzene rings is 1. The monoisotopic (exact) mass is 306 g/mol. The van der Waals surface area contributed by atoms with Crippen molar-refractivity contribution in [1.29, 1.82) is 0 Å². The van der Waals surface area contributed by atoms with E-state index in [-0.39, 0.29) is 18.6 Å². The fraction of sp³-hybridized carbons (Fsp3) is 0.611. The van der Waals surface area contributed by atoms with Gasteiger partial charge in [-0.1, -0.05) is 39.0 Å². The second-order valence-electron chi connectivity index (χ2n) is 6.42. The summed E-state index contributed by atoms with van der Waals surface area (Å²) in [4.78, 5) is 12.2. The third-order valence-corrected chi connectivity index (χ3v) is 3.79. The summed E-state index contributed by atoms with van der Waals surface area (Å²) in [5, 5.41) is 15.3. The minimum atomic E-state index is 0.0305. The van der Waals surface area contributed by atoms with Crippen LogP contribution in [0.5, 0.6) is 0 Å². The summed E-state index contributed by atoms with van der Waals surface area (Å²) < 4.78 is 0. The van der Waals surface area contributed by atoms with Crippen LogP contribution in [0.1, 0.15) is 52.0 Å². The summed E-state index contributed by atoms with van der Waals surface area (Å²) in [6.45, 7) is 9.38. The molecule has 2 unspecified atom stereocenters. The van der Waals surface area contributed by atoms with Gasteiger partial charge in [0.25, 0.3) is 0 Å². The maximum atomic E-state index is 12.2. The lowest BCUT2D eigenvalue weighted by molar-refractivity contribution is -0.116. The van der Waals surface area contributed by atoms with Gasteiger partial charge in [-0.25, -0.2) is 0 Å². The molecule has 1 aromatic rings. The van der Waals surface area contributed by atoms with Crippen molar-refractivity contribution < 1.29 is 9.90 Å². The number of aliphatic hydroxyl groups is 1. The summed E-state index contributed by atoms with van der Waals surface area (Å²) in [5.41, 5.74) is 2.07. The molecule has 0 radical (unpaired) electrons. The Morgan fingerprint density at radius 1 is 1.18 bits per heavy atom. The molecule has 0 saturated heterocycles. The van der Waals surface area contributed by atoms with Crippen LogP contribution in [-0.2, 0) is 4.79 Å². The standard InChI is InChI=1S/C18H30N2O2/c1-13(2)16-7-5-6-8-17(16)20-18(22)11-15(4)19-12-14(3)9-10-21/h5-8,13-15,19,21H,9-12H2,1-4H3,(H,20,22). The molecule has 2 atom stereocenters. The Balaban J connectivity index is 2.46. The molecule has 124 valence electrons. The first-order chi connectivity index (χ1) is 10.4. The minimum absolute atomic E-state index is 0.0305. The summed E-state index contributed by atoms with van der Waals surface area (Å²) >= 11 is 0. The number of hydrogen-bond acceptors (Lipinski definition) is 3. The number of amides is 1. The van der Waals surface area contributed by atoms with Gasteiger partial charge in [-0.05, 0) is 43.4 Å². The van der Waals surface area contributed by atoms with Crippen molar-refractivity contribution in [1.82, 2.24) is 5.32 Å². The normalized spacial score (nSPS) is 13.9. The van der Waals surface area contributed by atoms with Gasteiger partial charge >= 0.3 is 0 Å². The molecule has 1 aromatic carbocycles. The molecule has 3 N–H and O–H groups in total. The van der Waals surface area contributed by atoms with Crippen LogP contribution in [0.3, 0.4) is 0 Å². The Hall–Kier alpha value is -1.39. The maximum absolute atomic E-state index is 12.2. The van der Waals surface area contributed by atoms with E-state index in [0.717, 1.165) is 24.2 Å². The van der Waals surface area contributed by atoms with E-state index in [1.165, 1.54) is 0 Å². The van der Waals surface area contributed by atoms with E-state index in [4.69, 9.17) is 5.11 Å². The predicted octanol–water partition coefficient (Wildman–Crippen LogP) is 3.14. The Kier molecular flexibility index (Phi) is 8.13. The molecule has 22 heavy (non-hydrogen) atoms. The van der Waals surface area contributed by atoms with Gasteiger partial charge in [0.1, 0.15) is 0 Å². The highest BCUT2D eigenvalue weighted by Gasteiger charge is 2.13. The number of hydrogen-bond donors (Lipinski definition) is 3. The fourth-order valence-electron chi connectivity index (χ4n) is 2.39. The van der Waals surface area contributed by atoms with Gasteiger partial charge in [0.2, 0.25) is 5.91 Å². The topological polar surface area (TPSA) is 61.4 Å². The summed E-state index contributed by atoms with van der Waals surface area (Å²) in [7, 11) is 0. The quantitative estimate of drug-likeness (QED) is 0.657. The van der Waals surface area contributed by atoms with Crippen LogP contribution in [0, 0.1) is 5.92 Å². The molecule has 1 rings (SSSR count). The van der Waals surface area contributed by atoms with E-state index < -0.39 is 0 Å². The molecule has 0 heterocycles. The highest BCUT2D eigenvalue weighted by molar-refractivity contribution is 5.91.